The molecular weight excluding hydrogens is 288 g/mol. The second kappa shape index (κ2) is 5.03. The summed E-state index contributed by atoms with van der Waals surface area (Å²) in [5.41, 5.74) is 1.39. The third-order valence-electron chi connectivity index (χ3n) is 2.15. The van der Waals surface area contributed by atoms with E-state index in [1.807, 2.05) is 13.0 Å². The van der Waals surface area contributed by atoms with Gasteiger partial charge in [-0.3, -0.25) is 10.1 Å². The highest BCUT2D eigenvalue weighted by molar-refractivity contribution is 7.91. The Morgan fingerprint density at radius 1 is 1.37 bits per heavy atom. The van der Waals surface area contributed by atoms with Crippen LogP contribution in [0.2, 0.25) is 0 Å². The molecule has 0 unspecified atom stereocenters. The number of aryl methyl sites for hydroxylation is 1. The van der Waals surface area contributed by atoms with E-state index < -0.39 is 10.0 Å². The zero-order valence-electron chi connectivity index (χ0n) is 9.82. The smallest absolute Gasteiger partial charge is 0.267 e. The average Bonchev–Trinajstić information content (AvgIpc) is 2.77. The highest BCUT2D eigenvalue weighted by Gasteiger charge is 2.16. The van der Waals surface area contributed by atoms with E-state index in [0.29, 0.717) is 16.9 Å². The number of benzene rings is 1. The maximum Gasteiger partial charge on any atom is 0.267 e. The zero-order valence-corrected chi connectivity index (χ0v) is 11.5. The third kappa shape index (κ3) is 3.34. The molecule has 0 atom stereocenters. The van der Waals surface area contributed by atoms with Crippen LogP contribution in [0, 0.1) is 6.92 Å². The molecule has 0 fully saturated rings. The number of nitrogens with two attached hydrogens (primary N) is 1. The summed E-state index contributed by atoms with van der Waals surface area (Å²) in [6.45, 7) is 1.86. The number of hydrogen-bond donors (Lipinski definition) is 2. The van der Waals surface area contributed by atoms with Gasteiger partial charge in [-0.1, -0.05) is 29.0 Å². The maximum atomic E-state index is 11.9. The predicted octanol–water partition coefficient (Wildman–Crippen LogP) is 0.746. The number of carbonyl (C=O) groups excluding carboxylic acids is 1. The molecule has 0 aliphatic rings. The molecule has 1 aromatic heterocycles. The normalized spacial score (nSPS) is 11.3. The van der Waals surface area contributed by atoms with Crippen molar-refractivity contribution < 1.29 is 13.2 Å². The van der Waals surface area contributed by atoms with E-state index in [1.54, 1.807) is 18.2 Å². The van der Waals surface area contributed by atoms with Crippen LogP contribution in [0.25, 0.3) is 0 Å². The minimum Gasteiger partial charge on any atom is -0.296 e. The molecule has 3 N–H and O–H groups in total. The molecule has 2 aromatic rings. The number of carbonyl (C=O) groups is 1. The Labute approximate surface area is 113 Å². The lowest BCUT2D eigenvalue weighted by Crippen LogP contribution is -2.11. The SMILES string of the molecule is Cc1cccc(C(=O)Nc2nnc(S(N)(=O)=O)s2)c1. The number of sulfonamides is 1. The Bertz CT molecular complexity index is 724. The monoisotopic (exact) mass is 298 g/mol. The summed E-state index contributed by atoms with van der Waals surface area (Å²) in [4.78, 5) is 11.9. The molecule has 2 rings (SSSR count). The van der Waals surface area contributed by atoms with Crippen molar-refractivity contribution in [2.45, 2.75) is 11.3 Å². The van der Waals surface area contributed by atoms with Gasteiger partial charge in [-0.25, -0.2) is 13.6 Å². The van der Waals surface area contributed by atoms with Gasteiger partial charge in [0.2, 0.25) is 9.47 Å². The van der Waals surface area contributed by atoms with Gasteiger partial charge < -0.3 is 0 Å². The van der Waals surface area contributed by atoms with Crippen molar-refractivity contribution in [3.8, 4) is 0 Å². The van der Waals surface area contributed by atoms with Crippen molar-refractivity contribution >= 4 is 32.4 Å². The molecule has 0 aliphatic carbocycles. The Morgan fingerprint density at radius 3 is 2.68 bits per heavy atom. The summed E-state index contributed by atoms with van der Waals surface area (Å²) in [5, 5.41) is 14.4. The summed E-state index contributed by atoms with van der Waals surface area (Å²) in [6, 6.07) is 6.96. The van der Waals surface area contributed by atoms with Crippen molar-refractivity contribution in [1.29, 1.82) is 0 Å². The molecule has 1 aromatic carbocycles. The second-order valence-electron chi connectivity index (χ2n) is 3.74. The standard InChI is InChI=1S/C10H10N4O3S2/c1-6-3-2-4-7(5-6)8(15)12-9-13-14-10(18-9)19(11,16)17/h2-5H,1H3,(H2,11,16,17)(H,12,13,15). The molecule has 0 radical (unpaired) electrons. The number of nitrogens with one attached hydrogen (secondary N) is 1. The van der Waals surface area contributed by atoms with Crippen LogP contribution >= 0.6 is 11.3 Å². The second-order valence-corrected chi connectivity index (χ2v) is 6.45. The average molecular weight is 298 g/mol. The van der Waals surface area contributed by atoms with Crippen molar-refractivity contribution in [1.82, 2.24) is 10.2 Å². The van der Waals surface area contributed by atoms with Crippen LogP contribution in [0.15, 0.2) is 28.6 Å². The summed E-state index contributed by atoms with van der Waals surface area (Å²) < 4.78 is 21.7. The molecule has 0 spiro atoms. The highest BCUT2D eigenvalue weighted by Crippen LogP contribution is 2.19. The largest absolute Gasteiger partial charge is 0.296 e. The highest BCUT2D eigenvalue weighted by atomic mass is 32.2. The number of amides is 1. The summed E-state index contributed by atoms with van der Waals surface area (Å²) in [6.07, 6.45) is 0. The lowest BCUT2D eigenvalue weighted by atomic mass is 10.1. The number of anilines is 1. The van der Waals surface area contributed by atoms with Gasteiger partial charge in [0.15, 0.2) is 0 Å². The third-order valence-corrected chi connectivity index (χ3v) is 4.30. The van der Waals surface area contributed by atoms with Gasteiger partial charge in [-0.05, 0) is 19.1 Å². The lowest BCUT2D eigenvalue weighted by Gasteiger charge is -2.01. The van der Waals surface area contributed by atoms with Gasteiger partial charge in [0, 0.05) is 5.56 Å². The minimum atomic E-state index is -3.90. The first-order valence-corrected chi connectivity index (χ1v) is 7.47. The Balaban J connectivity index is 2.18. The Hall–Kier alpha value is -1.84. The quantitative estimate of drug-likeness (QED) is 0.811. The predicted molar refractivity (Wildman–Crippen MR) is 70.4 cm³/mol. The van der Waals surface area contributed by atoms with Gasteiger partial charge >= 0.3 is 0 Å². The molecule has 1 amide bonds. The number of nitrogens with zero attached hydrogens (tertiary/aromatic N) is 2. The van der Waals surface area contributed by atoms with E-state index >= 15 is 0 Å². The fourth-order valence-corrected chi connectivity index (χ4v) is 2.66. The molecule has 0 saturated heterocycles. The van der Waals surface area contributed by atoms with E-state index in [4.69, 9.17) is 5.14 Å². The zero-order chi connectivity index (χ0) is 14.0. The minimum absolute atomic E-state index is 0.0792. The molecular formula is C10H10N4O3S2. The van der Waals surface area contributed by atoms with Crippen molar-refractivity contribution in [2.24, 2.45) is 5.14 Å². The lowest BCUT2D eigenvalue weighted by molar-refractivity contribution is 0.102. The van der Waals surface area contributed by atoms with E-state index in [1.165, 1.54) is 0 Å². The molecule has 9 heteroatoms. The summed E-state index contributed by atoms with van der Waals surface area (Å²) in [5.74, 6) is -0.388. The molecule has 7 nitrogen and oxygen atoms in total. The topological polar surface area (TPSA) is 115 Å². The van der Waals surface area contributed by atoms with E-state index in [0.717, 1.165) is 5.56 Å². The molecule has 0 aliphatic heterocycles. The van der Waals surface area contributed by atoms with Crippen molar-refractivity contribution in [2.75, 3.05) is 5.32 Å². The van der Waals surface area contributed by atoms with E-state index in [9.17, 15) is 13.2 Å². The van der Waals surface area contributed by atoms with Crippen LogP contribution in [0.3, 0.4) is 0 Å². The Kier molecular flexibility index (Phi) is 3.60. The van der Waals surface area contributed by atoms with Gasteiger partial charge in [-0.15, -0.1) is 10.2 Å². The van der Waals surface area contributed by atoms with Crippen LogP contribution in [0.5, 0.6) is 0 Å². The van der Waals surface area contributed by atoms with E-state index in [-0.39, 0.29) is 15.4 Å². The van der Waals surface area contributed by atoms with Crippen molar-refractivity contribution in [3.63, 3.8) is 0 Å². The molecule has 100 valence electrons. The van der Waals surface area contributed by atoms with Crippen LogP contribution in [-0.4, -0.2) is 24.5 Å². The van der Waals surface area contributed by atoms with Gasteiger partial charge in [-0.2, -0.15) is 0 Å². The van der Waals surface area contributed by atoms with Gasteiger partial charge in [0.05, 0.1) is 0 Å². The van der Waals surface area contributed by atoms with Crippen LogP contribution in [0.4, 0.5) is 5.13 Å². The molecule has 1 heterocycles. The summed E-state index contributed by atoms with van der Waals surface area (Å²) in [7, 11) is -3.90. The fourth-order valence-electron chi connectivity index (χ4n) is 1.33. The van der Waals surface area contributed by atoms with Crippen LogP contribution in [0.1, 0.15) is 15.9 Å². The van der Waals surface area contributed by atoms with Gasteiger partial charge in [0.1, 0.15) is 0 Å². The van der Waals surface area contributed by atoms with Gasteiger partial charge in [0.25, 0.3) is 15.9 Å². The molecule has 19 heavy (non-hydrogen) atoms. The van der Waals surface area contributed by atoms with Crippen LogP contribution in [-0.2, 0) is 10.0 Å². The fraction of sp³-hybridized carbons (Fsp3) is 0.100. The van der Waals surface area contributed by atoms with E-state index in [2.05, 4.69) is 15.5 Å². The first-order valence-electron chi connectivity index (χ1n) is 5.10. The number of rotatable bonds is 3. The summed E-state index contributed by atoms with van der Waals surface area (Å²) >= 11 is 0.700. The van der Waals surface area contributed by atoms with Crippen LogP contribution < -0.4 is 10.5 Å². The number of aromatic nitrogens is 2. The number of hydrogen-bond acceptors (Lipinski definition) is 6. The first kappa shape index (κ1) is 13.6. The molecule has 0 bridgehead atoms. The van der Waals surface area contributed by atoms with Crippen molar-refractivity contribution in [3.05, 3.63) is 35.4 Å². The number of primary sulfonamides is 1. The Morgan fingerprint density at radius 2 is 2.11 bits per heavy atom. The maximum absolute atomic E-state index is 11.9. The first-order chi connectivity index (χ1) is 8.86. The molecule has 0 saturated carbocycles.